The summed E-state index contributed by atoms with van der Waals surface area (Å²) in [6, 6.07) is 5.96. The topological polar surface area (TPSA) is 67.8 Å². The summed E-state index contributed by atoms with van der Waals surface area (Å²) in [5.41, 5.74) is 1.19. The summed E-state index contributed by atoms with van der Waals surface area (Å²) in [6.45, 7) is 3.47. The third kappa shape index (κ3) is 7.07. The Balaban J connectivity index is 2.23. The lowest BCUT2D eigenvalue weighted by molar-refractivity contribution is 0.0409. The zero-order chi connectivity index (χ0) is 21.4. The van der Waals surface area contributed by atoms with E-state index in [4.69, 9.17) is 9.47 Å². The Morgan fingerprint density at radius 3 is 2.48 bits per heavy atom. The maximum atomic E-state index is 13.3. The van der Waals surface area contributed by atoms with E-state index in [1.807, 2.05) is 40.0 Å². The molecule has 1 aromatic heterocycles. The molecule has 0 saturated carbocycles. The van der Waals surface area contributed by atoms with Crippen molar-refractivity contribution in [3.8, 4) is 17.1 Å². The van der Waals surface area contributed by atoms with Gasteiger partial charge in [-0.15, -0.1) is 0 Å². The number of hydrogen-bond acceptors (Lipinski definition) is 7. The van der Waals surface area contributed by atoms with Gasteiger partial charge < -0.3 is 19.3 Å². The fourth-order valence-electron chi connectivity index (χ4n) is 2.39. The smallest absolute Gasteiger partial charge is 0.357 e. The molecular weight excluding hydrogens is 375 g/mol. The quantitative estimate of drug-likeness (QED) is 0.445. The Bertz CT molecular complexity index is 797. The highest BCUT2D eigenvalue weighted by atomic mass is 19.1. The van der Waals surface area contributed by atoms with Crippen LogP contribution in [0.3, 0.4) is 0 Å². The van der Waals surface area contributed by atoms with Crippen LogP contribution in [-0.2, 0) is 4.74 Å². The number of carbonyl (C=O) groups excluding carboxylic acids is 1. The zero-order valence-corrected chi connectivity index (χ0v) is 17.7. The first-order valence-electron chi connectivity index (χ1n) is 9.52. The van der Waals surface area contributed by atoms with Crippen LogP contribution in [0.15, 0.2) is 30.5 Å². The van der Waals surface area contributed by atoms with Gasteiger partial charge in [-0.25, -0.2) is 14.2 Å². The molecule has 0 N–H and O–H groups in total. The van der Waals surface area contributed by atoms with Gasteiger partial charge in [-0.1, -0.05) is 12.1 Å². The van der Waals surface area contributed by atoms with Gasteiger partial charge in [-0.2, -0.15) is 4.98 Å². The lowest BCUT2D eigenvalue weighted by Crippen LogP contribution is -2.30. The van der Waals surface area contributed by atoms with Crippen molar-refractivity contribution in [1.29, 1.82) is 0 Å². The normalized spacial score (nSPS) is 12.3. The molecule has 2 rings (SSSR count). The molecule has 0 fully saturated rings. The van der Waals surface area contributed by atoms with Gasteiger partial charge >= 0.3 is 12.0 Å². The Morgan fingerprint density at radius 1 is 1.17 bits per heavy atom. The second-order valence-corrected chi connectivity index (χ2v) is 7.34. The summed E-state index contributed by atoms with van der Waals surface area (Å²) in [6.07, 6.45) is 2.31. The molecule has 2 aromatic rings. The Morgan fingerprint density at radius 2 is 1.86 bits per heavy atom. The van der Waals surface area contributed by atoms with Crippen molar-refractivity contribution < 1.29 is 18.7 Å². The number of ether oxygens (including phenoxy) is 2. The molecule has 29 heavy (non-hydrogen) atoms. The average Bonchev–Trinajstić information content (AvgIpc) is 2.69. The molecule has 0 aliphatic heterocycles. The number of aromatic nitrogens is 2. The van der Waals surface area contributed by atoms with E-state index in [9.17, 15) is 9.18 Å². The molecule has 8 heteroatoms. The van der Waals surface area contributed by atoms with Crippen LogP contribution in [0, 0.1) is 5.82 Å². The lowest BCUT2D eigenvalue weighted by atomic mass is 10.1. The first-order valence-corrected chi connectivity index (χ1v) is 9.52. The fourth-order valence-corrected chi connectivity index (χ4v) is 2.39. The second-order valence-electron chi connectivity index (χ2n) is 7.34. The van der Waals surface area contributed by atoms with Crippen LogP contribution in [0.5, 0.6) is 6.01 Å². The summed E-state index contributed by atoms with van der Waals surface area (Å²) in [4.78, 5) is 25.2. The number of rotatable bonds is 10. The van der Waals surface area contributed by atoms with Crippen molar-refractivity contribution in [2.45, 2.75) is 19.4 Å². The van der Waals surface area contributed by atoms with Gasteiger partial charge in [-0.05, 0) is 59.2 Å². The summed E-state index contributed by atoms with van der Waals surface area (Å²) in [7, 11) is 7.78. The Labute approximate surface area is 171 Å². The third-order valence-corrected chi connectivity index (χ3v) is 4.43. The van der Waals surface area contributed by atoms with E-state index in [1.165, 1.54) is 18.3 Å². The Hall–Kier alpha value is -2.58. The number of carbonyl (C=O) groups is 1. The molecule has 0 amide bonds. The summed E-state index contributed by atoms with van der Waals surface area (Å²) in [5, 5.41) is 0. The minimum absolute atomic E-state index is 0.0526. The largest absolute Gasteiger partial charge is 0.463 e. The second kappa shape index (κ2) is 10.8. The van der Waals surface area contributed by atoms with Gasteiger partial charge in [-0.3, -0.25) is 0 Å². The first kappa shape index (κ1) is 22.7. The number of hydrogen-bond donors (Lipinski definition) is 0. The highest BCUT2D eigenvalue weighted by Gasteiger charge is 2.20. The molecule has 0 spiro atoms. The average molecular weight is 404 g/mol. The third-order valence-electron chi connectivity index (χ3n) is 4.43. The highest BCUT2D eigenvalue weighted by Crippen LogP contribution is 2.24. The van der Waals surface area contributed by atoms with Crippen LogP contribution in [-0.4, -0.2) is 79.7 Å². The molecule has 7 nitrogen and oxygen atoms in total. The van der Waals surface area contributed by atoms with Gasteiger partial charge in [0.05, 0.1) is 6.61 Å². The minimum atomic E-state index is -0.571. The molecule has 1 unspecified atom stereocenters. The van der Waals surface area contributed by atoms with Gasteiger partial charge in [0.2, 0.25) is 0 Å². The van der Waals surface area contributed by atoms with Crippen LogP contribution in [0.4, 0.5) is 4.39 Å². The van der Waals surface area contributed by atoms with Crippen molar-refractivity contribution in [2.24, 2.45) is 0 Å². The van der Waals surface area contributed by atoms with Crippen LogP contribution in [0.25, 0.3) is 11.1 Å². The van der Waals surface area contributed by atoms with Crippen molar-refractivity contribution >= 4 is 5.97 Å². The summed E-state index contributed by atoms with van der Waals surface area (Å²) < 4.78 is 24.3. The van der Waals surface area contributed by atoms with Crippen molar-refractivity contribution in [3.05, 3.63) is 42.0 Å². The van der Waals surface area contributed by atoms with E-state index in [0.29, 0.717) is 17.7 Å². The van der Waals surface area contributed by atoms with Crippen LogP contribution < -0.4 is 4.74 Å². The van der Waals surface area contributed by atoms with E-state index >= 15 is 0 Å². The van der Waals surface area contributed by atoms with Gasteiger partial charge in [0.15, 0.2) is 5.69 Å². The van der Waals surface area contributed by atoms with Crippen LogP contribution in [0.2, 0.25) is 0 Å². The molecule has 0 bridgehead atoms. The molecule has 0 aliphatic rings. The lowest BCUT2D eigenvalue weighted by Gasteiger charge is -2.19. The van der Waals surface area contributed by atoms with Gasteiger partial charge in [0.25, 0.3) is 0 Å². The van der Waals surface area contributed by atoms with E-state index in [2.05, 4.69) is 14.9 Å². The van der Waals surface area contributed by atoms with Crippen LogP contribution >= 0.6 is 0 Å². The SMILES string of the molecule is CC(COC(=O)c1nc(OCCCN(C)C)ncc1-c1ccc(F)cc1)N(C)C. The van der Waals surface area contributed by atoms with E-state index in [-0.39, 0.29) is 30.2 Å². The van der Waals surface area contributed by atoms with Crippen molar-refractivity contribution in [2.75, 3.05) is 47.9 Å². The number of benzene rings is 1. The molecule has 0 saturated heterocycles. The minimum Gasteiger partial charge on any atom is -0.463 e. The fraction of sp³-hybridized carbons (Fsp3) is 0.476. The summed E-state index contributed by atoms with van der Waals surface area (Å²) in [5.74, 6) is -0.932. The Kier molecular flexibility index (Phi) is 8.48. The molecule has 1 heterocycles. The van der Waals surface area contributed by atoms with Crippen molar-refractivity contribution in [1.82, 2.24) is 19.8 Å². The molecule has 1 aromatic carbocycles. The van der Waals surface area contributed by atoms with E-state index in [0.717, 1.165) is 13.0 Å². The van der Waals surface area contributed by atoms with E-state index < -0.39 is 5.97 Å². The highest BCUT2D eigenvalue weighted by molar-refractivity contribution is 5.95. The number of likely N-dealkylation sites (N-methyl/N-ethyl adjacent to an activating group) is 1. The van der Waals surface area contributed by atoms with E-state index in [1.54, 1.807) is 12.1 Å². The molecule has 158 valence electrons. The molecule has 0 radical (unpaired) electrons. The number of esters is 1. The van der Waals surface area contributed by atoms with Crippen molar-refractivity contribution in [3.63, 3.8) is 0 Å². The zero-order valence-electron chi connectivity index (χ0n) is 17.7. The predicted octanol–water partition coefficient (Wildman–Crippen LogP) is 2.72. The van der Waals surface area contributed by atoms with Gasteiger partial charge in [0.1, 0.15) is 12.4 Å². The standard InChI is InChI=1S/C21H29FN4O3/c1-15(26(4)5)14-29-20(27)19-18(16-7-9-17(22)10-8-16)13-23-21(24-19)28-12-6-11-25(2)3/h7-10,13,15H,6,11-12,14H2,1-5H3. The first-order chi connectivity index (χ1) is 13.8. The molecular formula is C21H29FN4O3. The maximum absolute atomic E-state index is 13.3. The van der Waals surface area contributed by atoms with Crippen LogP contribution in [0.1, 0.15) is 23.8 Å². The maximum Gasteiger partial charge on any atom is 0.357 e. The van der Waals surface area contributed by atoms with Gasteiger partial charge in [0, 0.05) is 24.3 Å². The molecule has 0 aliphatic carbocycles. The monoisotopic (exact) mass is 404 g/mol. The molecule has 1 atom stereocenters. The number of nitrogens with zero attached hydrogens (tertiary/aromatic N) is 4. The number of halogens is 1. The predicted molar refractivity (Wildman–Crippen MR) is 110 cm³/mol. The summed E-state index contributed by atoms with van der Waals surface area (Å²) >= 11 is 0.